The number of rotatable bonds is 6. The van der Waals surface area contributed by atoms with E-state index in [1.54, 1.807) is 13.8 Å². The van der Waals surface area contributed by atoms with Gasteiger partial charge in [-0.3, -0.25) is 0 Å². The van der Waals surface area contributed by atoms with Crippen LogP contribution in [0.25, 0.3) is 0 Å². The second-order valence-electron chi connectivity index (χ2n) is 2.90. The molecule has 16 heavy (non-hydrogen) atoms. The zero-order valence-corrected chi connectivity index (χ0v) is 10.2. The maximum Gasteiger partial charge on any atom is 0.812 e. The number of carbonyl (C=O) groups is 2. The third-order valence-corrected chi connectivity index (χ3v) is 2.38. The molecule has 0 fully saturated rings. The van der Waals surface area contributed by atoms with Crippen molar-refractivity contribution in [2.24, 2.45) is 0 Å². The van der Waals surface area contributed by atoms with Crippen molar-refractivity contribution < 1.29 is 23.2 Å². The number of hydrogen-bond donors (Lipinski definition) is 0. The molecule has 88 valence electrons. The maximum atomic E-state index is 11.1. The SMILES string of the molecule is C=C(CC)C(=O)O[P+](=O)OC(=O)C(=C)CC. The first-order valence-electron chi connectivity index (χ1n) is 4.69. The van der Waals surface area contributed by atoms with Gasteiger partial charge in [-0.25, -0.2) is 9.59 Å². The van der Waals surface area contributed by atoms with Crippen molar-refractivity contribution in [2.75, 3.05) is 0 Å². The summed E-state index contributed by atoms with van der Waals surface area (Å²) in [6.07, 6.45) is 0.745. The molecule has 0 aliphatic rings. The number of carbonyl (C=O) groups excluding carboxylic acids is 2. The van der Waals surface area contributed by atoms with Crippen molar-refractivity contribution in [3.8, 4) is 0 Å². The van der Waals surface area contributed by atoms with Crippen LogP contribution < -0.4 is 0 Å². The Balaban J connectivity index is 4.20. The van der Waals surface area contributed by atoms with Gasteiger partial charge in [-0.15, -0.1) is 0 Å². The minimum absolute atomic E-state index is 0.161. The van der Waals surface area contributed by atoms with Gasteiger partial charge in [0.2, 0.25) is 0 Å². The summed E-state index contributed by atoms with van der Waals surface area (Å²) in [5, 5.41) is 0. The van der Waals surface area contributed by atoms with Crippen LogP contribution in [0.4, 0.5) is 0 Å². The average molecular weight is 245 g/mol. The molecule has 0 radical (unpaired) electrons. The molecule has 0 spiro atoms. The van der Waals surface area contributed by atoms with Crippen molar-refractivity contribution >= 4 is 20.2 Å². The largest absolute Gasteiger partial charge is 0.812 e. The molecule has 0 amide bonds. The molecule has 0 rings (SSSR count). The summed E-state index contributed by atoms with van der Waals surface area (Å²) in [6, 6.07) is 0. The van der Waals surface area contributed by atoms with Crippen LogP contribution in [0.1, 0.15) is 26.7 Å². The Labute approximate surface area is 95.1 Å². The van der Waals surface area contributed by atoms with Crippen LogP contribution in [0.15, 0.2) is 24.3 Å². The van der Waals surface area contributed by atoms with Crippen molar-refractivity contribution in [1.29, 1.82) is 0 Å². The fourth-order valence-electron chi connectivity index (χ4n) is 0.572. The predicted octanol–water partition coefficient (Wildman–Crippen LogP) is 2.66. The molecule has 0 unspecified atom stereocenters. The van der Waals surface area contributed by atoms with E-state index in [2.05, 4.69) is 22.2 Å². The molecule has 0 aliphatic carbocycles. The third kappa shape index (κ3) is 4.84. The van der Waals surface area contributed by atoms with Crippen LogP contribution >= 0.6 is 8.25 Å². The maximum absolute atomic E-state index is 11.1. The molecule has 0 aromatic rings. The Morgan fingerprint density at radius 3 is 1.56 bits per heavy atom. The quantitative estimate of drug-likeness (QED) is 0.531. The highest BCUT2D eigenvalue weighted by atomic mass is 31.1. The summed E-state index contributed by atoms with van der Waals surface area (Å²) in [7, 11) is -2.81. The van der Waals surface area contributed by atoms with E-state index >= 15 is 0 Å². The van der Waals surface area contributed by atoms with Gasteiger partial charge in [0.05, 0.1) is 0 Å². The molecule has 0 heterocycles. The standard InChI is InChI=1S/C10H14O5P/c1-5-7(3)9(11)14-16(13)15-10(12)8(4)6-2/h3-6H2,1-2H3/q+1. The van der Waals surface area contributed by atoms with Crippen LogP contribution in [0.2, 0.25) is 0 Å². The van der Waals surface area contributed by atoms with E-state index in [9.17, 15) is 14.2 Å². The van der Waals surface area contributed by atoms with Gasteiger partial charge in [-0.2, -0.15) is 9.05 Å². The van der Waals surface area contributed by atoms with E-state index < -0.39 is 20.2 Å². The molecule has 0 N–H and O–H groups in total. The van der Waals surface area contributed by atoms with E-state index in [0.717, 1.165) is 0 Å². The lowest BCUT2D eigenvalue weighted by molar-refractivity contribution is -0.133. The molecule has 0 bridgehead atoms. The van der Waals surface area contributed by atoms with E-state index in [4.69, 9.17) is 0 Å². The van der Waals surface area contributed by atoms with Crippen molar-refractivity contribution in [1.82, 2.24) is 0 Å². The Kier molecular flexibility index (Phi) is 6.27. The van der Waals surface area contributed by atoms with Gasteiger partial charge in [0, 0.05) is 15.7 Å². The van der Waals surface area contributed by atoms with Gasteiger partial charge in [0.15, 0.2) is 0 Å². The molecular weight excluding hydrogens is 231 g/mol. The summed E-state index contributed by atoms with van der Waals surface area (Å²) < 4.78 is 19.8. The summed E-state index contributed by atoms with van der Waals surface area (Å²) in [5.41, 5.74) is 0.322. The minimum Gasteiger partial charge on any atom is -0.241 e. The molecule has 0 saturated carbocycles. The highest BCUT2D eigenvalue weighted by Gasteiger charge is 2.32. The predicted molar refractivity (Wildman–Crippen MR) is 58.7 cm³/mol. The Hall–Kier alpha value is -1.48. The van der Waals surface area contributed by atoms with Crippen molar-refractivity contribution in [2.45, 2.75) is 26.7 Å². The van der Waals surface area contributed by atoms with Crippen LogP contribution in [-0.4, -0.2) is 11.9 Å². The summed E-state index contributed by atoms with van der Waals surface area (Å²) in [5.74, 6) is -1.67. The highest BCUT2D eigenvalue weighted by molar-refractivity contribution is 7.34. The lowest BCUT2D eigenvalue weighted by atomic mass is 10.2. The fourth-order valence-corrected chi connectivity index (χ4v) is 1.14. The molecule has 5 nitrogen and oxygen atoms in total. The van der Waals surface area contributed by atoms with Crippen LogP contribution in [0.3, 0.4) is 0 Å². The van der Waals surface area contributed by atoms with Crippen molar-refractivity contribution in [3.63, 3.8) is 0 Å². The smallest absolute Gasteiger partial charge is 0.241 e. The lowest BCUT2D eigenvalue weighted by Crippen LogP contribution is -2.06. The molecule has 0 saturated heterocycles. The first-order chi connectivity index (χ1) is 7.42. The van der Waals surface area contributed by atoms with Crippen LogP contribution in [0, 0.1) is 0 Å². The highest BCUT2D eigenvalue weighted by Crippen LogP contribution is 2.27. The number of hydrogen-bond acceptors (Lipinski definition) is 5. The van der Waals surface area contributed by atoms with Gasteiger partial charge in [-0.05, 0) is 12.8 Å². The van der Waals surface area contributed by atoms with Gasteiger partial charge < -0.3 is 0 Å². The third-order valence-electron chi connectivity index (χ3n) is 1.75. The zero-order chi connectivity index (χ0) is 12.7. The van der Waals surface area contributed by atoms with Gasteiger partial charge >= 0.3 is 20.2 Å². The van der Waals surface area contributed by atoms with E-state index in [1.807, 2.05) is 0 Å². The van der Waals surface area contributed by atoms with E-state index in [1.165, 1.54) is 0 Å². The summed E-state index contributed by atoms with van der Waals surface area (Å²) in [4.78, 5) is 22.2. The van der Waals surface area contributed by atoms with Crippen LogP contribution in [-0.2, 0) is 23.2 Å². The normalized spacial score (nSPS) is 9.12. The molecular formula is C10H14O5P+. The zero-order valence-electron chi connectivity index (χ0n) is 9.32. The van der Waals surface area contributed by atoms with Crippen molar-refractivity contribution in [3.05, 3.63) is 24.3 Å². The molecule has 0 aromatic heterocycles. The van der Waals surface area contributed by atoms with Gasteiger partial charge in [0.1, 0.15) is 0 Å². The van der Waals surface area contributed by atoms with E-state index in [0.29, 0.717) is 12.8 Å². The van der Waals surface area contributed by atoms with Crippen LogP contribution in [0.5, 0.6) is 0 Å². The topological polar surface area (TPSA) is 69.7 Å². The molecule has 6 heteroatoms. The lowest BCUT2D eigenvalue weighted by Gasteiger charge is -1.94. The molecule has 0 atom stereocenters. The second kappa shape index (κ2) is 6.90. The molecule has 0 aromatic carbocycles. The Bertz CT molecular complexity index is 313. The Morgan fingerprint density at radius 1 is 1.00 bits per heavy atom. The van der Waals surface area contributed by atoms with Gasteiger partial charge in [0.25, 0.3) is 0 Å². The van der Waals surface area contributed by atoms with Gasteiger partial charge in [-0.1, -0.05) is 27.0 Å². The first-order valence-corrected chi connectivity index (χ1v) is 5.79. The Morgan fingerprint density at radius 2 is 1.31 bits per heavy atom. The first kappa shape index (κ1) is 14.5. The van der Waals surface area contributed by atoms with E-state index in [-0.39, 0.29) is 11.1 Å². The average Bonchev–Trinajstić information content (AvgIpc) is 2.26. The minimum atomic E-state index is -2.81. The second-order valence-corrected chi connectivity index (χ2v) is 3.71. The summed E-state index contributed by atoms with van der Waals surface area (Å²) >= 11 is 0. The summed E-state index contributed by atoms with van der Waals surface area (Å²) in [6.45, 7) is 10.2. The fraction of sp³-hybridized carbons (Fsp3) is 0.400. The molecule has 0 aliphatic heterocycles. The monoisotopic (exact) mass is 245 g/mol.